The highest BCUT2D eigenvalue weighted by Gasteiger charge is 2.05. The first-order valence-corrected chi connectivity index (χ1v) is 5.69. The van der Waals surface area contributed by atoms with E-state index in [1.807, 2.05) is 11.4 Å². The van der Waals surface area contributed by atoms with Crippen molar-refractivity contribution in [2.75, 3.05) is 13.7 Å². The van der Waals surface area contributed by atoms with Crippen LogP contribution in [-0.4, -0.2) is 29.7 Å². The lowest BCUT2D eigenvalue weighted by Crippen LogP contribution is -2.31. The molecule has 2 amide bonds. The van der Waals surface area contributed by atoms with Gasteiger partial charge in [-0.1, -0.05) is 11.8 Å². The molecule has 0 aliphatic rings. The number of thiophene rings is 1. The van der Waals surface area contributed by atoms with Crippen LogP contribution in [0.1, 0.15) is 16.9 Å². The summed E-state index contributed by atoms with van der Waals surface area (Å²) in [6, 6.07) is 1.48. The van der Waals surface area contributed by atoms with E-state index in [2.05, 4.69) is 11.8 Å². The minimum absolute atomic E-state index is 0.0790. The maximum atomic E-state index is 10.8. The van der Waals surface area contributed by atoms with Crippen molar-refractivity contribution in [2.45, 2.75) is 13.0 Å². The van der Waals surface area contributed by atoms with Crippen LogP contribution in [0.5, 0.6) is 0 Å². The number of aliphatic hydroxyl groups excluding tert-OH is 1. The number of nitrogens with zero attached hydrogens (tertiary/aromatic N) is 1. The fourth-order valence-corrected chi connectivity index (χ4v) is 1.85. The van der Waals surface area contributed by atoms with Crippen LogP contribution in [0.2, 0.25) is 0 Å². The Bertz CT molecular complexity index is 417. The molecular formula is C11H14N2O2S. The summed E-state index contributed by atoms with van der Waals surface area (Å²) in [5.41, 5.74) is 6.14. The first kappa shape index (κ1) is 12.6. The molecule has 0 fully saturated rings. The van der Waals surface area contributed by atoms with Crippen molar-refractivity contribution in [2.24, 2.45) is 5.73 Å². The zero-order valence-electron chi connectivity index (χ0n) is 9.06. The molecule has 0 radical (unpaired) electrons. The molecule has 5 heteroatoms. The Morgan fingerprint density at radius 2 is 2.44 bits per heavy atom. The Morgan fingerprint density at radius 3 is 3.06 bits per heavy atom. The van der Waals surface area contributed by atoms with Gasteiger partial charge in [0.1, 0.15) is 0 Å². The topological polar surface area (TPSA) is 66.6 Å². The lowest BCUT2D eigenvalue weighted by atomic mass is 10.3. The summed E-state index contributed by atoms with van der Waals surface area (Å²) < 4.78 is 0. The van der Waals surface area contributed by atoms with E-state index in [1.54, 1.807) is 7.05 Å². The van der Waals surface area contributed by atoms with Gasteiger partial charge < -0.3 is 15.7 Å². The Labute approximate surface area is 98.7 Å². The molecule has 0 saturated carbocycles. The summed E-state index contributed by atoms with van der Waals surface area (Å²) in [5, 5.41) is 10.5. The van der Waals surface area contributed by atoms with Gasteiger partial charge >= 0.3 is 6.03 Å². The van der Waals surface area contributed by atoms with Crippen molar-refractivity contribution >= 4 is 17.4 Å². The molecule has 0 spiro atoms. The van der Waals surface area contributed by atoms with Crippen molar-refractivity contribution in [1.29, 1.82) is 0 Å². The predicted molar refractivity (Wildman–Crippen MR) is 64.0 cm³/mol. The number of carbonyl (C=O) groups excluding carboxylic acids is 1. The molecule has 1 aromatic heterocycles. The predicted octanol–water partition coefficient (Wildman–Crippen LogP) is 0.993. The maximum absolute atomic E-state index is 10.8. The monoisotopic (exact) mass is 238 g/mol. The van der Waals surface area contributed by atoms with E-state index < -0.39 is 6.03 Å². The number of hydrogen-bond donors (Lipinski definition) is 2. The zero-order valence-corrected chi connectivity index (χ0v) is 9.88. The van der Waals surface area contributed by atoms with Gasteiger partial charge in [0.2, 0.25) is 0 Å². The summed E-state index contributed by atoms with van der Waals surface area (Å²) in [7, 11) is 1.65. The van der Waals surface area contributed by atoms with Gasteiger partial charge in [0.15, 0.2) is 0 Å². The molecule has 86 valence electrons. The van der Waals surface area contributed by atoms with Crippen molar-refractivity contribution in [3.63, 3.8) is 0 Å². The minimum Gasteiger partial charge on any atom is -0.395 e. The molecular weight excluding hydrogens is 224 g/mol. The van der Waals surface area contributed by atoms with E-state index >= 15 is 0 Å². The number of amides is 2. The summed E-state index contributed by atoms with van der Waals surface area (Å²) in [4.78, 5) is 13.2. The maximum Gasteiger partial charge on any atom is 0.314 e. The average Bonchev–Trinajstić information content (AvgIpc) is 2.66. The SMILES string of the molecule is CN(Cc1csc(C#CCCO)c1)C(N)=O. The Balaban J connectivity index is 2.59. The fraction of sp³-hybridized carbons (Fsp3) is 0.364. The number of hydrogen-bond acceptors (Lipinski definition) is 3. The van der Waals surface area contributed by atoms with Crippen molar-refractivity contribution in [1.82, 2.24) is 4.90 Å². The third kappa shape index (κ3) is 3.93. The van der Waals surface area contributed by atoms with E-state index in [4.69, 9.17) is 10.8 Å². The number of urea groups is 1. The number of aliphatic hydroxyl groups is 1. The molecule has 16 heavy (non-hydrogen) atoms. The highest BCUT2D eigenvalue weighted by atomic mass is 32.1. The van der Waals surface area contributed by atoms with E-state index in [0.717, 1.165) is 10.4 Å². The molecule has 1 heterocycles. The van der Waals surface area contributed by atoms with E-state index in [0.29, 0.717) is 13.0 Å². The summed E-state index contributed by atoms with van der Waals surface area (Å²) in [5.74, 6) is 5.79. The summed E-state index contributed by atoms with van der Waals surface area (Å²) in [6.07, 6.45) is 0.481. The Kier molecular flexibility index (Phi) is 4.83. The quantitative estimate of drug-likeness (QED) is 0.771. The van der Waals surface area contributed by atoms with Crippen LogP contribution in [0.15, 0.2) is 11.4 Å². The van der Waals surface area contributed by atoms with Crippen LogP contribution in [-0.2, 0) is 6.54 Å². The van der Waals surface area contributed by atoms with Crippen molar-refractivity contribution in [3.8, 4) is 11.8 Å². The standard InChI is InChI=1S/C11H14N2O2S/c1-13(11(12)15)7-9-6-10(16-8-9)4-2-3-5-14/h6,8,14H,3,5,7H2,1H3,(H2,12,15). The van der Waals surface area contributed by atoms with Gasteiger partial charge in [-0.25, -0.2) is 4.79 Å². The molecule has 1 aromatic rings. The molecule has 0 aromatic carbocycles. The molecule has 0 aliphatic carbocycles. The molecule has 0 saturated heterocycles. The van der Waals surface area contributed by atoms with E-state index in [9.17, 15) is 4.79 Å². The second-order valence-electron chi connectivity index (χ2n) is 3.29. The second-order valence-corrected chi connectivity index (χ2v) is 4.20. The Morgan fingerprint density at radius 1 is 1.69 bits per heavy atom. The first-order chi connectivity index (χ1) is 7.63. The summed E-state index contributed by atoms with van der Waals surface area (Å²) >= 11 is 1.52. The van der Waals surface area contributed by atoms with Crippen LogP contribution in [0.4, 0.5) is 4.79 Å². The van der Waals surface area contributed by atoms with Gasteiger partial charge in [-0.05, 0) is 17.0 Å². The largest absolute Gasteiger partial charge is 0.395 e. The molecule has 1 rings (SSSR count). The van der Waals surface area contributed by atoms with Gasteiger partial charge in [0.05, 0.1) is 11.5 Å². The number of rotatable bonds is 3. The van der Waals surface area contributed by atoms with Gasteiger partial charge in [-0.3, -0.25) is 0 Å². The molecule has 0 aliphatic heterocycles. The van der Waals surface area contributed by atoms with Crippen LogP contribution in [0.3, 0.4) is 0 Å². The summed E-state index contributed by atoms with van der Waals surface area (Å²) in [6.45, 7) is 0.573. The molecule has 0 unspecified atom stereocenters. The number of carbonyl (C=O) groups is 1. The third-order valence-electron chi connectivity index (χ3n) is 1.90. The van der Waals surface area contributed by atoms with Crippen molar-refractivity contribution in [3.05, 3.63) is 21.9 Å². The van der Waals surface area contributed by atoms with Crippen LogP contribution in [0, 0.1) is 11.8 Å². The van der Waals surface area contributed by atoms with Gasteiger partial charge in [-0.2, -0.15) is 0 Å². The molecule has 3 N–H and O–H groups in total. The van der Waals surface area contributed by atoms with Crippen LogP contribution >= 0.6 is 11.3 Å². The third-order valence-corrected chi connectivity index (χ3v) is 2.79. The van der Waals surface area contributed by atoms with Gasteiger partial charge in [0, 0.05) is 20.0 Å². The van der Waals surface area contributed by atoms with E-state index in [1.165, 1.54) is 16.2 Å². The lowest BCUT2D eigenvalue weighted by molar-refractivity contribution is 0.216. The lowest BCUT2D eigenvalue weighted by Gasteiger charge is -2.12. The fourth-order valence-electron chi connectivity index (χ4n) is 1.08. The normalized spacial score (nSPS) is 9.38. The van der Waals surface area contributed by atoms with Gasteiger partial charge in [-0.15, -0.1) is 11.3 Å². The highest BCUT2D eigenvalue weighted by Crippen LogP contribution is 2.14. The van der Waals surface area contributed by atoms with Crippen LogP contribution in [0.25, 0.3) is 0 Å². The van der Waals surface area contributed by atoms with E-state index in [-0.39, 0.29) is 6.61 Å². The average molecular weight is 238 g/mol. The molecule has 0 atom stereocenters. The Hall–Kier alpha value is -1.51. The number of primary amides is 1. The second kappa shape index (κ2) is 6.16. The minimum atomic E-state index is -0.445. The van der Waals surface area contributed by atoms with Crippen molar-refractivity contribution < 1.29 is 9.90 Å². The van der Waals surface area contributed by atoms with Crippen LogP contribution < -0.4 is 5.73 Å². The highest BCUT2D eigenvalue weighted by molar-refractivity contribution is 7.10. The smallest absolute Gasteiger partial charge is 0.314 e. The van der Waals surface area contributed by atoms with Gasteiger partial charge in [0.25, 0.3) is 0 Å². The zero-order chi connectivity index (χ0) is 12.0. The molecule has 0 bridgehead atoms. The number of nitrogens with two attached hydrogens (primary N) is 1. The first-order valence-electron chi connectivity index (χ1n) is 4.81. The molecule has 4 nitrogen and oxygen atoms in total.